The van der Waals surface area contributed by atoms with Crippen LogP contribution in [0.4, 0.5) is 11.5 Å². The van der Waals surface area contributed by atoms with Crippen LogP contribution in [0.15, 0.2) is 24.5 Å². The average molecular weight is 361 g/mol. The maximum Gasteiger partial charge on any atom is 0.231 e. The van der Waals surface area contributed by atoms with Crippen molar-refractivity contribution in [2.75, 3.05) is 24.0 Å². The summed E-state index contributed by atoms with van der Waals surface area (Å²) in [6.07, 6.45) is 1.75. The van der Waals surface area contributed by atoms with Gasteiger partial charge in [0.25, 0.3) is 0 Å². The minimum Gasteiger partial charge on any atom is -0.454 e. The number of nitrogens with one attached hydrogen (secondary N) is 3. The first-order chi connectivity index (χ1) is 12.2. The number of anilines is 2. The third-order valence-electron chi connectivity index (χ3n) is 3.56. The van der Waals surface area contributed by atoms with E-state index in [1.165, 1.54) is 6.33 Å². The Morgan fingerprint density at radius 1 is 1.28 bits per heavy atom. The predicted octanol–water partition coefficient (Wildman–Crippen LogP) is 2.18. The van der Waals surface area contributed by atoms with Crippen molar-refractivity contribution in [2.24, 2.45) is 0 Å². The molecule has 9 nitrogen and oxygen atoms in total. The number of carbonyl (C=O) groups is 1. The molecule has 1 aromatic carbocycles. The number of nitrogens with zero attached hydrogens (tertiary/aromatic N) is 3. The molecule has 25 heavy (non-hydrogen) atoms. The lowest BCUT2D eigenvalue weighted by Gasteiger charge is -2.08. The Hall–Kier alpha value is -3.07. The quantitative estimate of drug-likeness (QED) is 0.597. The smallest absolute Gasteiger partial charge is 0.231 e. The van der Waals surface area contributed by atoms with Crippen LogP contribution in [0.3, 0.4) is 0 Å². The van der Waals surface area contributed by atoms with Gasteiger partial charge in [-0.25, -0.2) is 4.98 Å². The van der Waals surface area contributed by atoms with Crippen molar-refractivity contribution in [3.05, 3.63) is 29.8 Å². The van der Waals surface area contributed by atoms with Crippen molar-refractivity contribution in [3.8, 4) is 11.5 Å². The molecule has 10 heteroatoms. The van der Waals surface area contributed by atoms with Gasteiger partial charge in [-0.3, -0.25) is 4.79 Å². The Balaban J connectivity index is 1.35. The second kappa shape index (κ2) is 6.44. The summed E-state index contributed by atoms with van der Waals surface area (Å²) in [6.45, 7) is 0.568. The molecule has 0 fully saturated rings. The van der Waals surface area contributed by atoms with Gasteiger partial charge < -0.3 is 25.1 Å². The lowest BCUT2D eigenvalue weighted by Crippen LogP contribution is -2.16. The first kappa shape index (κ1) is 15.5. The molecule has 3 heterocycles. The zero-order valence-corrected chi connectivity index (χ0v) is 13.6. The van der Waals surface area contributed by atoms with Crippen molar-refractivity contribution in [2.45, 2.75) is 6.42 Å². The van der Waals surface area contributed by atoms with Crippen LogP contribution in [-0.4, -0.2) is 39.2 Å². The largest absolute Gasteiger partial charge is 0.454 e. The highest BCUT2D eigenvalue weighted by molar-refractivity contribution is 6.28. The van der Waals surface area contributed by atoms with Gasteiger partial charge in [0, 0.05) is 24.7 Å². The summed E-state index contributed by atoms with van der Waals surface area (Å²) in [7, 11) is 0. The number of aromatic nitrogens is 4. The van der Waals surface area contributed by atoms with Crippen LogP contribution in [-0.2, 0) is 4.79 Å². The maximum absolute atomic E-state index is 12.1. The number of hydrogen-bond donors (Lipinski definition) is 3. The van der Waals surface area contributed by atoms with Gasteiger partial charge in [0.1, 0.15) is 5.52 Å². The van der Waals surface area contributed by atoms with Crippen molar-refractivity contribution in [1.82, 2.24) is 19.9 Å². The Labute approximate surface area is 146 Å². The van der Waals surface area contributed by atoms with Gasteiger partial charge in [-0.15, -0.1) is 0 Å². The van der Waals surface area contributed by atoms with Gasteiger partial charge in [0.15, 0.2) is 23.0 Å². The third-order valence-corrected chi connectivity index (χ3v) is 3.73. The highest BCUT2D eigenvalue weighted by atomic mass is 35.5. The van der Waals surface area contributed by atoms with Crippen LogP contribution in [0.5, 0.6) is 11.5 Å². The molecule has 2 aromatic heterocycles. The number of ether oxygens (including phenoxy) is 2. The molecule has 0 spiro atoms. The first-order valence-electron chi connectivity index (χ1n) is 7.49. The van der Waals surface area contributed by atoms with Crippen molar-refractivity contribution >= 4 is 40.2 Å². The van der Waals surface area contributed by atoms with E-state index < -0.39 is 0 Å². The van der Waals surface area contributed by atoms with E-state index in [9.17, 15) is 4.79 Å². The van der Waals surface area contributed by atoms with Crippen LogP contribution in [0.2, 0.25) is 5.28 Å². The number of benzene rings is 1. The molecule has 1 amide bonds. The third kappa shape index (κ3) is 3.26. The van der Waals surface area contributed by atoms with Crippen molar-refractivity contribution < 1.29 is 14.3 Å². The number of amides is 1. The van der Waals surface area contributed by atoms with Gasteiger partial charge in [-0.2, -0.15) is 9.97 Å². The molecule has 0 radical (unpaired) electrons. The molecule has 0 atom stereocenters. The molecule has 1 aliphatic rings. The van der Waals surface area contributed by atoms with E-state index in [-0.39, 0.29) is 24.4 Å². The fraction of sp³-hybridized carbons (Fsp3) is 0.200. The van der Waals surface area contributed by atoms with Gasteiger partial charge in [-0.1, -0.05) is 0 Å². The summed E-state index contributed by atoms with van der Waals surface area (Å²) in [5.41, 5.74) is 1.75. The fourth-order valence-corrected chi connectivity index (χ4v) is 2.59. The number of H-pyrrole nitrogens is 1. The topological polar surface area (TPSA) is 114 Å². The minimum atomic E-state index is -0.146. The Kier molecular flexibility index (Phi) is 3.98. The lowest BCUT2D eigenvalue weighted by molar-refractivity contribution is -0.115. The average Bonchev–Trinajstić information content (AvgIpc) is 3.22. The number of carbonyl (C=O) groups excluding carboxylic acids is 1. The molecule has 0 saturated carbocycles. The minimum absolute atomic E-state index is 0.0897. The van der Waals surface area contributed by atoms with Gasteiger partial charge in [0.2, 0.25) is 18.0 Å². The van der Waals surface area contributed by atoms with Gasteiger partial charge >= 0.3 is 0 Å². The number of fused-ring (bicyclic) bond motifs is 2. The summed E-state index contributed by atoms with van der Waals surface area (Å²) in [5, 5.41) is 5.96. The Morgan fingerprint density at radius 3 is 3.08 bits per heavy atom. The summed E-state index contributed by atoms with van der Waals surface area (Å²) in [5.74, 6) is 1.65. The fourth-order valence-electron chi connectivity index (χ4n) is 2.43. The highest BCUT2D eigenvalue weighted by Gasteiger charge is 2.14. The highest BCUT2D eigenvalue weighted by Crippen LogP contribution is 2.34. The van der Waals surface area contributed by atoms with E-state index in [4.69, 9.17) is 21.1 Å². The number of rotatable bonds is 5. The summed E-state index contributed by atoms with van der Waals surface area (Å²) < 4.78 is 10.5. The number of hydrogen-bond acceptors (Lipinski definition) is 7. The van der Waals surface area contributed by atoms with Crippen LogP contribution >= 0.6 is 11.6 Å². The van der Waals surface area contributed by atoms with Crippen LogP contribution in [0, 0.1) is 0 Å². The molecule has 128 valence electrons. The van der Waals surface area contributed by atoms with Gasteiger partial charge in [-0.05, 0) is 23.7 Å². The molecule has 3 N–H and O–H groups in total. The molecule has 0 saturated heterocycles. The zero-order chi connectivity index (χ0) is 17.2. The lowest BCUT2D eigenvalue weighted by atomic mass is 10.2. The standard InChI is InChI=1S/C15H13ClN6O3/c16-15-21-13(12-14(22-15)19-6-18-12)17-4-3-11(23)20-8-1-2-9-10(5-8)25-7-24-9/h1-2,5-6H,3-4,7H2,(H,20,23)(H2,17,18,19,21,22). The second-order valence-electron chi connectivity index (χ2n) is 5.24. The first-order valence-corrected chi connectivity index (χ1v) is 7.87. The molecule has 0 unspecified atom stereocenters. The molecule has 0 aliphatic carbocycles. The van der Waals surface area contributed by atoms with E-state index in [2.05, 4.69) is 30.6 Å². The monoisotopic (exact) mass is 360 g/mol. The van der Waals surface area contributed by atoms with Crippen LogP contribution in [0.1, 0.15) is 6.42 Å². The van der Waals surface area contributed by atoms with Crippen LogP contribution < -0.4 is 20.1 Å². The zero-order valence-electron chi connectivity index (χ0n) is 12.9. The molecule has 1 aliphatic heterocycles. The van der Waals surface area contributed by atoms with E-state index in [0.29, 0.717) is 40.7 Å². The van der Waals surface area contributed by atoms with Crippen molar-refractivity contribution in [1.29, 1.82) is 0 Å². The SMILES string of the molecule is O=C(CCNc1nc(Cl)nc2nc[nH]c12)Nc1ccc2c(c1)OCO2. The normalized spacial score (nSPS) is 12.4. The molecular weight excluding hydrogens is 348 g/mol. The predicted molar refractivity (Wildman–Crippen MR) is 91.0 cm³/mol. The molecular formula is C15H13ClN6O3. The number of imidazole rings is 1. The number of aromatic amines is 1. The van der Waals surface area contributed by atoms with E-state index in [1.54, 1.807) is 18.2 Å². The molecule has 4 rings (SSSR count). The summed E-state index contributed by atoms with van der Waals surface area (Å²) in [6, 6.07) is 5.25. The Morgan fingerprint density at radius 2 is 2.16 bits per heavy atom. The Bertz CT molecular complexity index is 944. The molecule has 0 bridgehead atoms. The maximum atomic E-state index is 12.1. The van der Waals surface area contributed by atoms with Crippen molar-refractivity contribution in [3.63, 3.8) is 0 Å². The number of halogens is 1. The van der Waals surface area contributed by atoms with E-state index in [0.717, 1.165) is 0 Å². The summed E-state index contributed by atoms with van der Waals surface area (Å²) >= 11 is 5.86. The second-order valence-corrected chi connectivity index (χ2v) is 5.57. The van der Waals surface area contributed by atoms with E-state index in [1.807, 2.05) is 0 Å². The molecule has 3 aromatic rings. The van der Waals surface area contributed by atoms with E-state index >= 15 is 0 Å². The van der Waals surface area contributed by atoms with Crippen LogP contribution in [0.25, 0.3) is 11.2 Å². The van der Waals surface area contributed by atoms with Gasteiger partial charge in [0.05, 0.1) is 6.33 Å². The summed E-state index contributed by atoms with van der Waals surface area (Å²) in [4.78, 5) is 27.1.